The lowest BCUT2D eigenvalue weighted by atomic mass is 10.1. The van der Waals surface area contributed by atoms with E-state index in [2.05, 4.69) is 5.32 Å². The zero-order valence-corrected chi connectivity index (χ0v) is 18.3. The maximum Gasteiger partial charge on any atom is 0.246 e. The summed E-state index contributed by atoms with van der Waals surface area (Å²) < 4.78 is 11.2. The fourth-order valence-corrected chi connectivity index (χ4v) is 2.82. The molecule has 0 aliphatic rings. The van der Waals surface area contributed by atoms with Gasteiger partial charge in [-0.05, 0) is 68.7 Å². The van der Waals surface area contributed by atoms with Crippen LogP contribution in [-0.2, 0) is 9.59 Å². The van der Waals surface area contributed by atoms with Gasteiger partial charge >= 0.3 is 0 Å². The molecule has 0 fully saturated rings. The van der Waals surface area contributed by atoms with Crippen molar-refractivity contribution in [3.05, 3.63) is 59.2 Å². The maximum atomic E-state index is 12.4. The first kappa shape index (κ1) is 23.0. The Morgan fingerprint density at radius 3 is 2.40 bits per heavy atom. The highest BCUT2D eigenvalue weighted by Gasteiger charge is 2.12. The quantitative estimate of drug-likeness (QED) is 0.629. The first-order chi connectivity index (χ1) is 14.3. The average molecular weight is 411 g/mol. The maximum absolute atomic E-state index is 12.4. The van der Waals surface area contributed by atoms with Crippen LogP contribution in [0.3, 0.4) is 0 Å². The number of carbonyl (C=O) groups excluding carboxylic acids is 2. The number of anilines is 1. The summed E-state index contributed by atoms with van der Waals surface area (Å²) in [5.41, 5.74) is 3.60. The predicted octanol–water partition coefficient (Wildman–Crippen LogP) is 4.21. The number of nitrogens with zero attached hydrogens (tertiary/aromatic N) is 1. The molecule has 0 aromatic heterocycles. The molecule has 6 heteroatoms. The Balaban J connectivity index is 1.99. The van der Waals surface area contributed by atoms with Gasteiger partial charge in [-0.15, -0.1) is 0 Å². The van der Waals surface area contributed by atoms with Crippen molar-refractivity contribution in [2.24, 2.45) is 0 Å². The second-order valence-electron chi connectivity index (χ2n) is 6.97. The molecule has 1 N–H and O–H groups in total. The lowest BCUT2D eigenvalue weighted by Gasteiger charge is -2.16. The third-order valence-electron chi connectivity index (χ3n) is 4.41. The highest BCUT2D eigenvalue weighted by molar-refractivity contribution is 5.98. The molecular weight excluding hydrogens is 380 g/mol. The monoisotopic (exact) mass is 410 g/mol. The van der Waals surface area contributed by atoms with Gasteiger partial charge in [-0.25, -0.2) is 0 Å². The molecule has 0 spiro atoms. The number of nitrogens with one attached hydrogen (secondary N) is 1. The van der Waals surface area contributed by atoms with Crippen molar-refractivity contribution < 1.29 is 19.1 Å². The molecular formula is C24H30N2O4. The number of hydrogen-bond donors (Lipinski definition) is 1. The third-order valence-corrected chi connectivity index (χ3v) is 4.41. The topological polar surface area (TPSA) is 67.9 Å². The number of rotatable bonds is 9. The van der Waals surface area contributed by atoms with E-state index in [1.165, 1.54) is 11.0 Å². The summed E-state index contributed by atoms with van der Waals surface area (Å²) in [5, 5.41) is 2.86. The minimum Gasteiger partial charge on any atom is -0.490 e. The van der Waals surface area contributed by atoms with Gasteiger partial charge in [0.15, 0.2) is 11.5 Å². The molecule has 0 heterocycles. The number of aryl methyl sites for hydroxylation is 2. The molecule has 0 aliphatic carbocycles. The minimum absolute atomic E-state index is 0.0377. The number of benzene rings is 2. The molecule has 0 saturated carbocycles. The Bertz CT molecular complexity index is 921. The summed E-state index contributed by atoms with van der Waals surface area (Å²) in [5.74, 6) is 0.795. The molecule has 0 saturated heterocycles. The van der Waals surface area contributed by atoms with Crippen LogP contribution in [-0.4, -0.2) is 43.5 Å². The van der Waals surface area contributed by atoms with Gasteiger partial charge in [0.05, 0.1) is 19.8 Å². The first-order valence-electron chi connectivity index (χ1n) is 10.0. The second kappa shape index (κ2) is 11.0. The van der Waals surface area contributed by atoms with Gasteiger partial charge in [-0.2, -0.15) is 0 Å². The first-order valence-corrected chi connectivity index (χ1v) is 10.0. The molecule has 2 rings (SSSR count). The van der Waals surface area contributed by atoms with E-state index in [4.69, 9.17) is 9.47 Å². The van der Waals surface area contributed by atoms with E-state index in [1.807, 2.05) is 64.1 Å². The summed E-state index contributed by atoms with van der Waals surface area (Å²) in [6, 6.07) is 11.4. The fraction of sp³-hybridized carbons (Fsp3) is 0.333. The Hall–Kier alpha value is -3.28. The Labute approximate surface area is 178 Å². The minimum atomic E-state index is -0.266. The molecule has 0 radical (unpaired) electrons. The standard InChI is InChI=1S/C24H30N2O4/c1-6-29-21-12-10-19(15-22(21)30-7-2)11-13-24(28)26(5)16-23(27)25-20-14-17(3)8-9-18(20)4/h8-15H,6-7,16H2,1-5H3,(H,25,27)/b13-11+. The van der Waals surface area contributed by atoms with E-state index < -0.39 is 0 Å². The van der Waals surface area contributed by atoms with Crippen LogP contribution in [0.15, 0.2) is 42.5 Å². The molecule has 2 aromatic carbocycles. The molecule has 6 nitrogen and oxygen atoms in total. The summed E-state index contributed by atoms with van der Waals surface area (Å²) >= 11 is 0. The predicted molar refractivity (Wildman–Crippen MR) is 120 cm³/mol. The largest absolute Gasteiger partial charge is 0.490 e. The van der Waals surface area contributed by atoms with Gasteiger partial charge in [0, 0.05) is 18.8 Å². The van der Waals surface area contributed by atoms with Crippen LogP contribution >= 0.6 is 0 Å². The van der Waals surface area contributed by atoms with Crippen LogP contribution in [0, 0.1) is 13.8 Å². The van der Waals surface area contributed by atoms with Gasteiger partial charge in [0.1, 0.15) is 0 Å². The SMILES string of the molecule is CCOc1ccc(/C=C/C(=O)N(C)CC(=O)Nc2cc(C)ccc2C)cc1OCC. The number of ether oxygens (including phenoxy) is 2. The number of amides is 2. The number of hydrogen-bond acceptors (Lipinski definition) is 4. The van der Waals surface area contributed by atoms with E-state index >= 15 is 0 Å². The second-order valence-corrected chi connectivity index (χ2v) is 6.97. The van der Waals surface area contributed by atoms with Crippen LogP contribution in [0.25, 0.3) is 6.08 Å². The molecule has 2 amide bonds. The van der Waals surface area contributed by atoms with Crippen LogP contribution in [0.4, 0.5) is 5.69 Å². The van der Waals surface area contributed by atoms with E-state index in [0.717, 1.165) is 22.4 Å². The Kier molecular flexibility index (Phi) is 8.47. The summed E-state index contributed by atoms with van der Waals surface area (Å²) in [7, 11) is 1.60. The number of carbonyl (C=O) groups is 2. The average Bonchev–Trinajstić information content (AvgIpc) is 2.70. The zero-order valence-electron chi connectivity index (χ0n) is 18.3. The van der Waals surface area contributed by atoms with E-state index in [1.54, 1.807) is 13.1 Å². The van der Waals surface area contributed by atoms with Crippen molar-refractivity contribution in [3.63, 3.8) is 0 Å². The fourth-order valence-electron chi connectivity index (χ4n) is 2.82. The van der Waals surface area contributed by atoms with Crippen molar-refractivity contribution in [1.29, 1.82) is 0 Å². The van der Waals surface area contributed by atoms with Gasteiger partial charge in [0.2, 0.25) is 11.8 Å². The normalized spacial score (nSPS) is 10.7. The smallest absolute Gasteiger partial charge is 0.246 e. The van der Waals surface area contributed by atoms with Crippen molar-refractivity contribution in [2.45, 2.75) is 27.7 Å². The Morgan fingerprint density at radius 2 is 1.70 bits per heavy atom. The van der Waals surface area contributed by atoms with Gasteiger partial charge in [-0.3, -0.25) is 9.59 Å². The molecule has 0 unspecified atom stereocenters. The zero-order chi connectivity index (χ0) is 22.1. The van der Waals surface area contributed by atoms with Gasteiger partial charge in [0.25, 0.3) is 0 Å². The molecule has 0 aliphatic heterocycles. The van der Waals surface area contributed by atoms with E-state index in [-0.39, 0.29) is 18.4 Å². The lowest BCUT2D eigenvalue weighted by molar-refractivity contribution is -0.129. The molecule has 0 bridgehead atoms. The van der Waals surface area contributed by atoms with Gasteiger partial charge in [-0.1, -0.05) is 18.2 Å². The summed E-state index contributed by atoms with van der Waals surface area (Å²) in [6.07, 6.45) is 3.14. The number of likely N-dealkylation sites (N-methyl/N-ethyl adjacent to an activating group) is 1. The van der Waals surface area contributed by atoms with E-state index in [9.17, 15) is 9.59 Å². The van der Waals surface area contributed by atoms with Gasteiger partial charge < -0.3 is 19.7 Å². The van der Waals surface area contributed by atoms with Crippen LogP contribution in [0.1, 0.15) is 30.5 Å². The summed E-state index contributed by atoms with van der Waals surface area (Å²) in [4.78, 5) is 26.1. The van der Waals surface area contributed by atoms with Crippen LogP contribution in [0.5, 0.6) is 11.5 Å². The Morgan fingerprint density at radius 1 is 1.00 bits per heavy atom. The van der Waals surface area contributed by atoms with E-state index in [0.29, 0.717) is 24.7 Å². The highest BCUT2D eigenvalue weighted by Crippen LogP contribution is 2.29. The van der Waals surface area contributed by atoms with Crippen molar-refractivity contribution in [1.82, 2.24) is 4.90 Å². The summed E-state index contributed by atoms with van der Waals surface area (Å²) in [6.45, 7) is 8.74. The molecule has 2 aromatic rings. The third kappa shape index (κ3) is 6.65. The van der Waals surface area contributed by atoms with Crippen LogP contribution < -0.4 is 14.8 Å². The molecule has 0 atom stereocenters. The van der Waals surface area contributed by atoms with Crippen LogP contribution in [0.2, 0.25) is 0 Å². The van der Waals surface area contributed by atoms with Crippen molar-refractivity contribution in [3.8, 4) is 11.5 Å². The lowest BCUT2D eigenvalue weighted by Crippen LogP contribution is -2.34. The highest BCUT2D eigenvalue weighted by atomic mass is 16.5. The van der Waals surface area contributed by atoms with Crippen molar-refractivity contribution in [2.75, 3.05) is 32.1 Å². The van der Waals surface area contributed by atoms with Crippen molar-refractivity contribution >= 4 is 23.6 Å². The molecule has 160 valence electrons. The molecule has 30 heavy (non-hydrogen) atoms.